The van der Waals surface area contributed by atoms with E-state index >= 15 is 0 Å². The molecule has 172 valence electrons. The Morgan fingerprint density at radius 1 is 0.879 bits per heavy atom. The van der Waals surface area contributed by atoms with Crippen LogP contribution in [0.3, 0.4) is 0 Å². The number of anilines is 1. The van der Waals surface area contributed by atoms with Crippen molar-refractivity contribution in [2.24, 2.45) is 0 Å². The van der Waals surface area contributed by atoms with Crippen molar-refractivity contribution in [3.05, 3.63) is 82.4 Å². The van der Waals surface area contributed by atoms with Crippen LogP contribution in [-0.2, 0) is 4.79 Å². The number of methoxy groups -OCH3 is 1. The molecule has 0 unspecified atom stereocenters. The van der Waals surface area contributed by atoms with E-state index in [0.717, 1.165) is 21.9 Å². The van der Waals surface area contributed by atoms with Gasteiger partial charge < -0.3 is 19.5 Å². The Morgan fingerprint density at radius 3 is 2.09 bits per heavy atom. The van der Waals surface area contributed by atoms with E-state index in [1.807, 2.05) is 26.0 Å². The number of carbonyl (C=O) groups excluding carboxylic acids is 2. The average molecular weight is 468 g/mol. The van der Waals surface area contributed by atoms with E-state index < -0.39 is 0 Å². The number of ether oxygens (including phenoxy) is 3. The summed E-state index contributed by atoms with van der Waals surface area (Å²) in [4.78, 5) is 24.5. The molecule has 0 spiro atoms. The Labute approximate surface area is 198 Å². The number of esters is 1. The van der Waals surface area contributed by atoms with E-state index in [1.165, 1.54) is 0 Å². The topological polar surface area (TPSA) is 73.9 Å². The summed E-state index contributed by atoms with van der Waals surface area (Å²) in [5, 5.41) is 3.54. The first-order valence-corrected chi connectivity index (χ1v) is 10.9. The standard InChI is InChI=1S/C26H26ClNO5/c1-17-15-23(16-18(2)25(17)27)32-14-4-5-24(29)33-22-10-6-19(7-11-22)26(30)28-20-8-12-21(31-3)13-9-20/h6-13,15-16H,4-5,14H2,1-3H3,(H,28,30). The van der Waals surface area contributed by atoms with Gasteiger partial charge in [-0.1, -0.05) is 11.6 Å². The van der Waals surface area contributed by atoms with Crippen LogP contribution in [0.25, 0.3) is 0 Å². The number of nitrogens with one attached hydrogen (secondary N) is 1. The maximum absolute atomic E-state index is 12.4. The maximum Gasteiger partial charge on any atom is 0.311 e. The number of amides is 1. The van der Waals surface area contributed by atoms with Gasteiger partial charge in [0.2, 0.25) is 0 Å². The molecule has 0 fully saturated rings. The minimum atomic E-state index is -0.363. The van der Waals surface area contributed by atoms with Gasteiger partial charge in [0, 0.05) is 22.7 Å². The molecule has 1 N–H and O–H groups in total. The van der Waals surface area contributed by atoms with Gasteiger partial charge in [0.05, 0.1) is 13.7 Å². The molecule has 33 heavy (non-hydrogen) atoms. The smallest absolute Gasteiger partial charge is 0.311 e. The predicted octanol–water partition coefficient (Wildman–Crippen LogP) is 5.98. The molecule has 0 saturated heterocycles. The molecule has 0 radical (unpaired) electrons. The molecule has 0 aromatic heterocycles. The van der Waals surface area contributed by atoms with Gasteiger partial charge in [-0.25, -0.2) is 0 Å². The van der Waals surface area contributed by atoms with Gasteiger partial charge in [-0.15, -0.1) is 0 Å². The zero-order chi connectivity index (χ0) is 23.8. The van der Waals surface area contributed by atoms with Crippen LogP contribution in [0.1, 0.15) is 34.3 Å². The fraction of sp³-hybridized carbons (Fsp3) is 0.231. The molecule has 0 aliphatic heterocycles. The first kappa shape index (κ1) is 24.1. The quantitative estimate of drug-likeness (QED) is 0.238. The summed E-state index contributed by atoms with van der Waals surface area (Å²) < 4.78 is 16.2. The fourth-order valence-corrected chi connectivity index (χ4v) is 3.24. The largest absolute Gasteiger partial charge is 0.497 e. The normalized spacial score (nSPS) is 10.4. The van der Waals surface area contributed by atoms with Crippen molar-refractivity contribution >= 4 is 29.2 Å². The van der Waals surface area contributed by atoms with Crippen LogP contribution in [0, 0.1) is 13.8 Å². The zero-order valence-corrected chi connectivity index (χ0v) is 19.6. The zero-order valence-electron chi connectivity index (χ0n) is 18.8. The lowest BCUT2D eigenvalue weighted by molar-refractivity contribution is -0.134. The van der Waals surface area contributed by atoms with Gasteiger partial charge in [0.25, 0.3) is 5.91 Å². The lowest BCUT2D eigenvalue weighted by Gasteiger charge is -2.10. The number of carbonyl (C=O) groups is 2. The minimum Gasteiger partial charge on any atom is -0.497 e. The monoisotopic (exact) mass is 467 g/mol. The molecule has 0 bridgehead atoms. The van der Waals surface area contributed by atoms with Gasteiger partial charge in [-0.3, -0.25) is 9.59 Å². The van der Waals surface area contributed by atoms with Crippen molar-refractivity contribution in [2.75, 3.05) is 19.0 Å². The number of hydrogen-bond acceptors (Lipinski definition) is 5. The lowest BCUT2D eigenvalue weighted by atomic mass is 10.1. The van der Waals surface area contributed by atoms with E-state index in [1.54, 1.807) is 55.6 Å². The Bertz CT molecular complexity index is 1090. The molecule has 0 saturated carbocycles. The van der Waals surface area contributed by atoms with E-state index in [0.29, 0.717) is 35.8 Å². The fourth-order valence-electron chi connectivity index (χ4n) is 3.13. The highest BCUT2D eigenvalue weighted by Gasteiger charge is 2.10. The van der Waals surface area contributed by atoms with Crippen LogP contribution in [0.5, 0.6) is 17.2 Å². The van der Waals surface area contributed by atoms with Gasteiger partial charge in [0.15, 0.2) is 0 Å². The SMILES string of the molecule is COc1ccc(NC(=O)c2ccc(OC(=O)CCCOc3cc(C)c(Cl)c(C)c3)cc2)cc1. The van der Waals surface area contributed by atoms with Gasteiger partial charge in [0.1, 0.15) is 17.2 Å². The van der Waals surface area contributed by atoms with Crippen LogP contribution in [0.4, 0.5) is 5.69 Å². The number of rotatable bonds is 9. The molecule has 0 aliphatic rings. The summed E-state index contributed by atoms with van der Waals surface area (Å²) in [6, 6.07) is 17.2. The minimum absolute atomic E-state index is 0.214. The number of benzene rings is 3. The summed E-state index contributed by atoms with van der Waals surface area (Å²) >= 11 is 6.16. The van der Waals surface area contributed by atoms with E-state index in [4.69, 9.17) is 25.8 Å². The molecule has 6 nitrogen and oxygen atoms in total. The number of halogens is 1. The average Bonchev–Trinajstić information content (AvgIpc) is 2.81. The highest BCUT2D eigenvalue weighted by molar-refractivity contribution is 6.32. The van der Waals surface area contributed by atoms with E-state index in [9.17, 15) is 9.59 Å². The summed E-state index contributed by atoms with van der Waals surface area (Å²) in [5.74, 6) is 1.19. The molecular weight excluding hydrogens is 442 g/mol. The molecule has 0 aliphatic carbocycles. The third kappa shape index (κ3) is 6.99. The molecule has 0 atom stereocenters. The number of hydrogen-bond donors (Lipinski definition) is 1. The van der Waals surface area contributed by atoms with Gasteiger partial charge >= 0.3 is 5.97 Å². The Hall–Kier alpha value is -3.51. The van der Waals surface area contributed by atoms with Crippen molar-refractivity contribution in [1.29, 1.82) is 0 Å². The number of aryl methyl sites for hydroxylation is 2. The molecule has 1 amide bonds. The lowest BCUT2D eigenvalue weighted by Crippen LogP contribution is -2.12. The Morgan fingerprint density at radius 2 is 1.48 bits per heavy atom. The van der Waals surface area contributed by atoms with Crippen LogP contribution >= 0.6 is 11.6 Å². The van der Waals surface area contributed by atoms with Crippen molar-refractivity contribution in [2.45, 2.75) is 26.7 Å². The summed E-state index contributed by atoms with van der Waals surface area (Å²) in [7, 11) is 1.58. The van der Waals surface area contributed by atoms with E-state index in [2.05, 4.69) is 5.32 Å². The first-order valence-electron chi connectivity index (χ1n) is 10.5. The van der Waals surface area contributed by atoms with Crippen molar-refractivity contribution in [1.82, 2.24) is 0 Å². The summed E-state index contributed by atoms with van der Waals surface area (Å²) in [5.41, 5.74) is 3.01. The second-order valence-electron chi connectivity index (χ2n) is 7.50. The Kier molecular flexibility index (Phi) is 8.33. The van der Waals surface area contributed by atoms with E-state index in [-0.39, 0.29) is 18.3 Å². The molecule has 0 heterocycles. The molecule has 7 heteroatoms. The first-order chi connectivity index (χ1) is 15.9. The molecule has 3 aromatic carbocycles. The highest BCUT2D eigenvalue weighted by Crippen LogP contribution is 2.26. The van der Waals surface area contributed by atoms with Gasteiger partial charge in [-0.05, 0) is 92.1 Å². The van der Waals surface area contributed by atoms with Crippen LogP contribution in [0.15, 0.2) is 60.7 Å². The Balaban J connectivity index is 1.43. The highest BCUT2D eigenvalue weighted by atomic mass is 35.5. The maximum atomic E-state index is 12.4. The van der Waals surface area contributed by atoms with Crippen LogP contribution in [-0.4, -0.2) is 25.6 Å². The third-order valence-corrected chi connectivity index (χ3v) is 5.50. The van der Waals surface area contributed by atoms with Crippen LogP contribution in [0.2, 0.25) is 5.02 Å². The second-order valence-corrected chi connectivity index (χ2v) is 7.88. The molecule has 3 aromatic rings. The van der Waals surface area contributed by atoms with Gasteiger partial charge in [-0.2, -0.15) is 0 Å². The molecule has 3 rings (SSSR count). The van der Waals surface area contributed by atoms with Crippen molar-refractivity contribution < 1.29 is 23.8 Å². The summed E-state index contributed by atoms with van der Waals surface area (Å²) in [6.45, 7) is 4.24. The van der Waals surface area contributed by atoms with Crippen molar-refractivity contribution in [3.8, 4) is 17.2 Å². The summed E-state index contributed by atoms with van der Waals surface area (Å²) in [6.07, 6.45) is 0.729. The predicted molar refractivity (Wildman–Crippen MR) is 129 cm³/mol. The van der Waals surface area contributed by atoms with Crippen LogP contribution < -0.4 is 19.5 Å². The molecular formula is C26H26ClNO5. The van der Waals surface area contributed by atoms with Crippen molar-refractivity contribution in [3.63, 3.8) is 0 Å². The second kappa shape index (κ2) is 11.4. The third-order valence-electron chi connectivity index (χ3n) is 4.90.